The molecule has 0 aliphatic heterocycles. The Kier molecular flexibility index (Phi) is 5.26. The van der Waals surface area contributed by atoms with E-state index in [0.717, 1.165) is 11.4 Å². The average molecular weight is 397 g/mol. The molecule has 3 N–H and O–H groups in total. The van der Waals surface area contributed by atoms with Crippen LogP contribution in [0.2, 0.25) is 0 Å². The van der Waals surface area contributed by atoms with E-state index in [1.807, 2.05) is 23.6 Å². The zero-order chi connectivity index (χ0) is 20.4. The minimum absolute atomic E-state index is 0.0800. The van der Waals surface area contributed by atoms with Gasteiger partial charge in [-0.15, -0.1) is 0 Å². The number of hydrogen-bond donors (Lipinski definition) is 3. The third-order valence-electron chi connectivity index (χ3n) is 5.08. The van der Waals surface area contributed by atoms with Gasteiger partial charge in [-0.1, -0.05) is 0 Å². The van der Waals surface area contributed by atoms with Crippen LogP contribution in [0.4, 0.5) is 0 Å². The third-order valence-corrected chi connectivity index (χ3v) is 5.08. The van der Waals surface area contributed by atoms with E-state index in [0.29, 0.717) is 25.0 Å². The highest BCUT2D eigenvalue weighted by Crippen LogP contribution is 2.26. The van der Waals surface area contributed by atoms with Gasteiger partial charge in [-0.3, -0.25) is 19.3 Å². The van der Waals surface area contributed by atoms with Crippen molar-refractivity contribution in [1.29, 1.82) is 0 Å². The van der Waals surface area contributed by atoms with Crippen LogP contribution in [0.25, 0.3) is 5.65 Å². The van der Waals surface area contributed by atoms with Crippen LogP contribution in [0.5, 0.6) is 0 Å². The van der Waals surface area contributed by atoms with E-state index in [1.165, 1.54) is 0 Å². The Labute approximate surface area is 167 Å². The summed E-state index contributed by atoms with van der Waals surface area (Å²) in [4.78, 5) is 33.1. The van der Waals surface area contributed by atoms with Crippen LogP contribution < -0.4 is 10.6 Å². The molecular weight excluding hydrogens is 374 g/mol. The number of hydrogen-bond acceptors (Lipinski definition) is 6. The van der Waals surface area contributed by atoms with Crippen LogP contribution in [0, 0.1) is 12.8 Å². The lowest BCUT2D eigenvalue weighted by Gasteiger charge is -2.16. The molecule has 3 atom stereocenters. The number of aliphatic hydroxyl groups excluding tert-OH is 1. The largest absolute Gasteiger partial charge is 0.391 e. The maximum absolute atomic E-state index is 12.5. The maximum Gasteiger partial charge on any atom is 0.242 e. The molecule has 10 heteroatoms. The number of fused-ring (bicyclic) bond motifs is 1. The maximum atomic E-state index is 12.5. The molecule has 0 saturated heterocycles. The number of nitrogens with one attached hydrogen (secondary N) is 2. The molecule has 1 aliphatic rings. The highest BCUT2D eigenvalue weighted by Gasteiger charge is 2.37. The fourth-order valence-electron chi connectivity index (χ4n) is 3.64. The molecule has 0 spiro atoms. The SMILES string of the molecule is Cc1ccn(CC(=O)N[C@@H]2C[C@H](C(=O)NCc3cn4ccncc4n3)C[C@H]2O)n1. The number of carbonyl (C=O) groups is 2. The van der Waals surface area contributed by atoms with Crippen molar-refractivity contribution in [2.75, 3.05) is 0 Å². The van der Waals surface area contributed by atoms with Gasteiger partial charge < -0.3 is 20.1 Å². The summed E-state index contributed by atoms with van der Waals surface area (Å²) in [7, 11) is 0. The zero-order valence-corrected chi connectivity index (χ0v) is 16.0. The summed E-state index contributed by atoms with van der Waals surface area (Å²) in [5, 5.41) is 20.1. The predicted octanol–water partition coefficient (Wildman–Crippen LogP) is -0.194. The molecule has 2 amide bonds. The molecule has 0 bridgehead atoms. The van der Waals surface area contributed by atoms with Crippen molar-refractivity contribution in [3.8, 4) is 0 Å². The topological polar surface area (TPSA) is 126 Å². The van der Waals surface area contributed by atoms with Gasteiger partial charge in [-0.2, -0.15) is 5.10 Å². The zero-order valence-electron chi connectivity index (χ0n) is 16.0. The summed E-state index contributed by atoms with van der Waals surface area (Å²) in [6, 6.07) is 1.37. The fraction of sp³-hybridized carbons (Fsp3) is 0.421. The van der Waals surface area contributed by atoms with Gasteiger partial charge in [0, 0.05) is 30.7 Å². The predicted molar refractivity (Wildman–Crippen MR) is 102 cm³/mol. The molecule has 0 radical (unpaired) electrons. The van der Waals surface area contributed by atoms with Crippen LogP contribution in [0.1, 0.15) is 24.2 Å². The Morgan fingerprint density at radius 3 is 2.93 bits per heavy atom. The van der Waals surface area contributed by atoms with E-state index in [9.17, 15) is 14.7 Å². The lowest BCUT2D eigenvalue weighted by atomic mass is 10.1. The molecule has 3 heterocycles. The lowest BCUT2D eigenvalue weighted by molar-refractivity contribution is -0.125. The van der Waals surface area contributed by atoms with Gasteiger partial charge >= 0.3 is 0 Å². The molecule has 152 valence electrons. The number of imidazole rings is 1. The van der Waals surface area contributed by atoms with Gasteiger partial charge in [-0.05, 0) is 25.8 Å². The molecule has 3 aromatic heterocycles. The number of aryl methyl sites for hydroxylation is 1. The van der Waals surface area contributed by atoms with Crippen LogP contribution in [0.3, 0.4) is 0 Å². The Hall–Kier alpha value is -3.27. The van der Waals surface area contributed by atoms with E-state index < -0.39 is 12.1 Å². The summed E-state index contributed by atoms with van der Waals surface area (Å²) in [6.07, 6.45) is 8.62. The van der Waals surface area contributed by atoms with Crippen molar-refractivity contribution in [2.45, 2.75) is 45.0 Å². The standard InChI is InChI=1S/C19H23N7O3/c1-12-2-4-26(24-12)11-18(28)23-15-6-13(7-16(15)27)19(29)21-8-14-10-25-5-3-20-9-17(25)22-14/h2-5,9-10,13,15-16,27H,6-8,11H2,1H3,(H,21,29)(H,23,28)/t13-,15+,16+/m0/s1. The van der Waals surface area contributed by atoms with Crippen LogP contribution >= 0.6 is 0 Å². The van der Waals surface area contributed by atoms with Crippen LogP contribution in [-0.2, 0) is 22.7 Å². The fourth-order valence-corrected chi connectivity index (χ4v) is 3.64. The second kappa shape index (κ2) is 8.00. The first-order valence-electron chi connectivity index (χ1n) is 9.51. The second-order valence-electron chi connectivity index (χ2n) is 7.36. The Balaban J connectivity index is 1.28. The Morgan fingerprint density at radius 1 is 1.31 bits per heavy atom. The minimum Gasteiger partial charge on any atom is -0.391 e. The molecule has 1 saturated carbocycles. The highest BCUT2D eigenvalue weighted by atomic mass is 16.3. The molecule has 0 aromatic carbocycles. The summed E-state index contributed by atoms with van der Waals surface area (Å²) < 4.78 is 3.38. The number of amides is 2. The van der Waals surface area contributed by atoms with Gasteiger partial charge in [0.05, 0.1) is 36.3 Å². The van der Waals surface area contributed by atoms with Gasteiger partial charge in [-0.25, -0.2) is 4.98 Å². The molecule has 10 nitrogen and oxygen atoms in total. The smallest absolute Gasteiger partial charge is 0.242 e. The van der Waals surface area contributed by atoms with E-state index in [1.54, 1.807) is 29.5 Å². The number of rotatable bonds is 6. The molecule has 3 aromatic rings. The first-order valence-corrected chi connectivity index (χ1v) is 9.51. The number of nitrogens with zero attached hydrogens (tertiary/aromatic N) is 5. The van der Waals surface area contributed by atoms with E-state index in [2.05, 4.69) is 25.7 Å². The second-order valence-corrected chi connectivity index (χ2v) is 7.36. The number of aromatic nitrogens is 5. The third kappa shape index (κ3) is 4.43. The monoisotopic (exact) mass is 397 g/mol. The van der Waals surface area contributed by atoms with Gasteiger partial charge in [0.15, 0.2) is 5.65 Å². The Morgan fingerprint density at radius 2 is 2.17 bits per heavy atom. The Bertz CT molecular complexity index is 995. The van der Waals surface area contributed by atoms with Gasteiger partial charge in [0.1, 0.15) is 6.54 Å². The van der Waals surface area contributed by atoms with E-state index in [-0.39, 0.29) is 24.3 Å². The van der Waals surface area contributed by atoms with E-state index in [4.69, 9.17) is 0 Å². The average Bonchev–Trinajstić information content (AvgIpc) is 3.38. The molecular formula is C19H23N7O3. The number of aliphatic hydroxyl groups is 1. The van der Waals surface area contributed by atoms with Crippen LogP contribution in [0.15, 0.2) is 37.1 Å². The normalized spacial score (nSPS) is 21.4. The molecule has 0 unspecified atom stereocenters. The van der Waals surface area contributed by atoms with Crippen LogP contribution in [-0.4, -0.2) is 53.2 Å². The first kappa shape index (κ1) is 19.1. The summed E-state index contributed by atoms with van der Waals surface area (Å²) in [5.41, 5.74) is 2.27. The van der Waals surface area contributed by atoms with E-state index >= 15 is 0 Å². The molecule has 4 rings (SSSR count). The molecule has 1 aliphatic carbocycles. The van der Waals surface area contributed by atoms with Gasteiger partial charge in [0.2, 0.25) is 11.8 Å². The number of carbonyl (C=O) groups excluding carboxylic acids is 2. The van der Waals surface area contributed by atoms with Crippen molar-refractivity contribution in [2.24, 2.45) is 5.92 Å². The quantitative estimate of drug-likeness (QED) is 0.529. The van der Waals surface area contributed by atoms with Crippen molar-refractivity contribution in [3.05, 3.63) is 48.4 Å². The molecule has 29 heavy (non-hydrogen) atoms. The van der Waals surface area contributed by atoms with Gasteiger partial charge in [0.25, 0.3) is 0 Å². The van der Waals surface area contributed by atoms with Crippen molar-refractivity contribution in [1.82, 2.24) is 34.8 Å². The highest BCUT2D eigenvalue weighted by molar-refractivity contribution is 5.80. The lowest BCUT2D eigenvalue weighted by Crippen LogP contribution is -2.41. The summed E-state index contributed by atoms with van der Waals surface area (Å²) in [5.74, 6) is -0.754. The minimum atomic E-state index is -0.754. The van der Waals surface area contributed by atoms with Crippen molar-refractivity contribution in [3.63, 3.8) is 0 Å². The first-order chi connectivity index (χ1) is 14.0. The summed E-state index contributed by atoms with van der Waals surface area (Å²) >= 11 is 0. The van der Waals surface area contributed by atoms with Crippen molar-refractivity contribution >= 4 is 17.5 Å². The summed E-state index contributed by atoms with van der Waals surface area (Å²) in [6.45, 7) is 2.22. The molecule has 1 fully saturated rings. The van der Waals surface area contributed by atoms with Crippen molar-refractivity contribution < 1.29 is 14.7 Å².